The molecule has 2 N–H and O–H groups in total. The smallest absolute Gasteiger partial charge is 0.315 e. The van der Waals surface area contributed by atoms with Gasteiger partial charge >= 0.3 is 6.03 Å². The van der Waals surface area contributed by atoms with E-state index in [0.29, 0.717) is 10.8 Å². The Bertz CT molecular complexity index is 930. The summed E-state index contributed by atoms with van der Waals surface area (Å²) in [7, 11) is 1.85. The van der Waals surface area contributed by atoms with E-state index in [1.165, 1.54) is 12.1 Å². The molecule has 0 saturated heterocycles. The molecule has 0 fully saturated rings. The first-order valence-electron chi connectivity index (χ1n) is 8.69. The summed E-state index contributed by atoms with van der Waals surface area (Å²) >= 11 is 5.96. The minimum Gasteiger partial charge on any atom is -0.489 e. The van der Waals surface area contributed by atoms with Crippen molar-refractivity contribution in [2.75, 3.05) is 13.2 Å². The zero-order chi connectivity index (χ0) is 19.9. The number of halogens is 2. The maximum atomic E-state index is 13.5. The van der Waals surface area contributed by atoms with E-state index in [1.54, 1.807) is 36.7 Å². The molecule has 0 spiro atoms. The topological polar surface area (TPSA) is 68.2 Å². The van der Waals surface area contributed by atoms with E-state index < -0.39 is 11.9 Å². The Balaban J connectivity index is 1.59. The molecule has 0 aliphatic rings. The summed E-state index contributed by atoms with van der Waals surface area (Å²) in [5.41, 5.74) is 0.844. The quantitative estimate of drug-likeness (QED) is 0.592. The number of hydrogen-bond donors (Lipinski definition) is 2. The molecule has 3 aromatic rings. The zero-order valence-electron chi connectivity index (χ0n) is 15.2. The Kier molecular flexibility index (Phi) is 6.49. The van der Waals surface area contributed by atoms with Crippen LogP contribution in [-0.2, 0) is 7.05 Å². The highest BCUT2D eigenvalue weighted by Crippen LogP contribution is 2.22. The number of amides is 2. The predicted molar refractivity (Wildman–Crippen MR) is 105 cm³/mol. The van der Waals surface area contributed by atoms with Crippen LogP contribution in [-0.4, -0.2) is 28.7 Å². The van der Waals surface area contributed by atoms with Crippen LogP contribution < -0.4 is 15.4 Å². The van der Waals surface area contributed by atoms with Crippen LogP contribution in [0.5, 0.6) is 5.75 Å². The second-order valence-corrected chi connectivity index (χ2v) is 6.50. The molecule has 1 aromatic heterocycles. The molecule has 1 atom stereocenters. The summed E-state index contributed by atoms with van der Waals surface area (Å²) in [5.74, 6) is 0.390. The lowest BCUT2D eigenvalue weighted by Gasteiger charge is -2.19. The van der Waals surface area contributed by atoms with E-state index in [4.69, 9.17) is 16.3 Å². The third kappa shape index (κ3) is 5.01. The van der Waals surface area contributed by atoms with Gasteiger partial charge in [0.15, 0.2) is 11.6 Å². The van der Waals surface area contributed by atoms with Crippen LogP contribution in [0.15, 0.2) is 60.9 Å². The van der Waals surface area contributed by atoms with Gasteiger partial charge in [0.05, 0.1) is 6.54 Å². The van der Waals surface area contributed by atoms with Gasteiger partial charge in [0, 0.05) is 24.5 Å². The molecule has 6 nitrogen and oxygen atoms in total. The fourth-order valence-electron chi connectivity index (χ4n) is 2.68. The van der Waals surface area contributed by atoms with Gasteiger partial charge in [-0.2, -0.15) is 0 Å². The van der Waals surface area contributed by atoms with Crippen molar-refractivity contribution in [1.29, 1.82) is 0 Å². The van der Waals surface area contributed by atoms with Crippen molar-refractivity contribution in [3.8, 4) is 5.75 Å². The number of carbonyl (C=O) groups is 1. The molecule has 1 heterocycles. The summed E-state index contributed by atoms with van der Waals surface area (Å²) in [4.78, 5) is 16.7. The number of para-hydroxylation sites is 1. The SMILES string of the molecule is Cn1ccnc1C(NC(=O)NCCOc1ccccc1F)c1ccc(Cl)cc1. The molecule has 0 bridgehead atoms. The van der Waals surface area contributed by atoms with E-state index in [9.17, 15) is 9.18 Å². The molecular formula is C20H20ClFN4O2. The Labute approximate surface area is 167 Å². The van der Waals surface area contributed by atoms with Crippen LogP contribution >= 0.6 is 11.6 Å². The number of nitrogens with zero attached hydrogens (tertiary/aromatic N) is 2. The number of urea groups is 1. The average Bonchev–Trinajstić information content (AvgIpc) is 3.11. The molecule has 1 unspecified atom stereocenters. The Morgan fingerprint density at radius 1 is 1.25 bits per heavy atom. The summed E-state index contributed by atoms with van der Waals surface area (Å²) in [6, 6.07) is 12.5. The first-order chi connectivity index (χ1) is 13.5. The first kappa shape index (κ1) is 19.7. The first-order valence-corrected chi connectivity index (χ1v) is 9.07. The van der Waals surface area contributed by atoms with Crippen molar-refractivity contribution in [3.05, 3.63) is 83.2 Å². The molecular weight excluding hydrogens is 383 g/mol. The van der Waals surface area contributed by atoms with Gasteiger partial charge in [-0.3, -0.25) is 0 Å². The van der Waals surface area contributed by atoms with Crippen molar-refractivity contribution in [1.82, 2.24) is 20.2 Å². The number of hydrogen-bond acceptors (Lipinski definition) is 3. The fourth-order valence-corrected chi connectivity index (χ4v) is 2.80. The third-order valence-corrected chi connectivity index (χ3v) is 4.33. The van der Waals surface area contributed by atoms with Crippen LogP contribution in [0.3, 0.4) is 0 Å². The van der Waals surface area contributed by atoms with Gasteiger partial charge < -0.3 is 19.9 Å². The molecule has 3 rings (SSSR count). The predicted octanol–water partition coefficient (Wildman–Crippen LogP) is 3.68. The maximum Gasteiger partial charge on any atom is 0.315 e. The van der Waals surface area contributed by atoms with Gasteiger partial charge in [0.1, 0.15) is 18.5 Å². The van der Waals surface area contributed by atoms with Crippen LogP contribution in [0.2, 0.25) is 5.02 Å². The molecule has 28 heavy (non-hydrogen) atoms. The number of rotatable bonds is 7. The number of nitrogens with one attached hydrogen (secondary N) is 2. The maximum absolute atomic E-state index is 13.5. The number of benzene rings is 2. The molecule has 2 amide bonds. The zero-order valence-corrected chi connectivity index (χ0v) is 16.0. The molecule has 0 radical (unpaired) electrons. The highest BCUT2D eigenvalue weighted by atomic mass is 35.5. The summed E-state index contributed by atoms with van der Waals surface area (Å²) in [5, 5.41) is 6.21. The van der Waals surface area contributed by atoms with Crippen LogP contribution in [0, 0.1) is 5.82 Å². The second-order valence-electron chi connectivity index (χ2n) is 6.06. The van der Waals surface area contributed by atoms with Crippen LogP contribution in [0.25, 0.3) is 0 Å². The van der Waals surface area contributed by atoms with E-state index in [0.717, 1.165) is 5.56 Å². The number of carbonyl (C=O) groups excluding carboxylic acids is 1. The van der Waals surface area contributed by atoms with E-state index >= 15 is 0 Å². The lowest BCUT2D eigenvalue weighted by molar-refractivity contribution is 0.233. The van der Waals surface area contributed by atoms with Gasteiger partial charge in [-0.15, -0.1) is 0 Å². The Hall–Kier alpha value is -3.06. The van der Waals surface area contributed by atoms with Gasteiger partial charge in [-0.25, -0.2) is 14.2 Å². The minimum absolute atomic E-state index is 0.141. The van der Waals surface area contributed by atoms with Crippen molar-refractivity contribution in [3.63, 3.8) is 0 Å². The number of ether oxygens (including phenoxy) is 1. The lowest BCUT2D eigenvalue weighted by Crippen LogP contribution is -2.40. The second kappa shape index (κ2) is 9.23. The van der Waals surface area contributed by atoms with Gasteiger partial charge in [0.25, 0.3) is 0 Å². The summed E-state index contributed by atoms with van der Waals surface area (Å²) in [6.07, 6.45) is 3.47. The summed E-state index contributed by atoms with van der Waals surface area (Å²) < 4.78 is 20.7. The lowest BCUT2D eigenvalue weighted by atomic mass is 10.1. The van der Waals surface area contributed by atoms with Crippen LogP contribution in [0.1, 0.15) is 17.4 Å². The molecule has 0 saturated carbocycles. The highest BCUT2D eigenvalue weighted by molar-refractivity contribution is 6.30. The Morgan fingerprint density at radius 3 is 2.68 bits per heavy atom. The molecule has 8 heteroatoms. The standard InChI is InChI=1S/C20H20ClFN4O2/c1-26-12-10-23-19(26)18(14-6-8-15(21)9-7-14)25-20(27)24-11-13-28-17-5-3-2-4-16(17)22/h2-10,12,18H,11,13H2,1H3,(H2,24,25,27). The van der Waals surface area contributed by atoms with Crippen LogP contribution in [0.4, 0.5) is 9.18 Å². The Morgan fingerprint density at radius 2 is 2.00 bits per heavy atom. The largest absolute Gasteiger partial charge is 0.489 e. The van der Waals surface area contributed by atoms with Gasteiger partial charge in [0.2, 0.25) is 0 Å². The van der Waals surface area contributed by atoms with E-state index in [1.807, 2.05) is 23.7 Å². The molecule has 2 aromatic carbocycles. The third-order valence-electron chi connectivity index (χ3n) is 4.08. The van der Waals surface area contributed by atoms with Gasteiger partial charge in [-0.1, -0.05) is 35.9 Å². The normalized spacial score (nSPS) is 11.7. The molecule has 146 valence electrons. The van der Waals surface area contributed by atoms with Crippen molar-refractivity contribution in [2.24, 2.45) is 7.05 Å². The fraction of sp³-hybridized carbons (Fsp3) is 0.200. The monoisotopic (exact) mass is 402 g/mol. The highest BCUT2D eigenvalue weighted by Gasteiger charge is 2.20. The molecule has 0 aliphatic carbocycles. The number of imidazole rings is 1. The number of aryl methyl sites for hydroxylation is 1. The number of aromatic nitrogens is 2. The van der Waals surface area contributed by atoms with E-state index in [2.05, 4.69) is 15.6 Å². The average molecular weight is 403 g/mol. The van der Waals surface area contributed by atoms with Crippen molar-refractivity contribution in [2.45, 2.75) is 6.04 Å². The van der Waals surface area contributed by atoms with Gasteiger partial charge in [-0.05, 0) is 29.8 Å². The molecule has 0 aliphatic heterocycles. The van der Waals surface area contributed by atoms with Crippen molar-refractivity contribution >= 4 is 17.6 Å². The van der Waals surface area contributed by atoms with E-state index in [-0.39, 0.29) is 24.9 Å². The van der Waals surface area contributed by atoms with Crippen molar-refractivity contribution < 1.29 is 13.9 Å². The summed E-state index contributed by atoms with van der Waals surface area (Å²) in [6.45, 7) is 0.358. The minimum atomic E-state index is -0.454.